The highest BCUT2D eigenvalue weighted by Gasteiger charge is 2.36. The van der Waals surface area contributed by atoms with Crippen molar-refractivity contribution in [3.05, 3.63) is 102 Å². The quantitative estimate of drug-likeness (QED) is 0.198. The minimum Gasteiger partial charge on any atom is -0.497 e. The van der Waals surface area contributed by atoms with Crippen molar-refractivity contribution >= 4 is 38.3 Å². The van der Waals surface area contributed by atoms with Gasteiger partial charge in [0.1, 0.15) is 11.8 Å². The molecule has 0 radical (unpaired) electrons. The predicted molar refractivity (Wildman–Crippen MR) is 180 cm³/mol. The second-order valence-electron chi connectivity index (χ2n) is 12.2. The number of carbonyl (C=O) groups excluding carboxylic acids is 2. The van der Waals surface area contributed by atoms with Crippen LogP contribution in [0.5, 0.6) is 5.75 Å². The molecular weight excluding hydrogens is 598 g/mol. The second kappa shape index (κ2) is 14.0. The Morgan fingerprint density at radius 3 is 2.39 bits per heavy atom. The number of ether oxygens (including phenoxy) is 1. The molecular formula is C37H41N3O5S. The number of nitrogens with zero attached hydrogens (tertiary/aromatic N) is 2. The molecule has 1 heterocycles. The van der Waals surface area contributed by atoms with Crippen molar-refractivity contribution < 1.29 is 22.7 Å². The summed E-state index contributed by atoms with van der Waals surface area (Å²) in [5.41, 5.74) is 2.45. The number of sulfonamides is 1. The molecule has 4 aromatic rings. The molecule has 1 atom stereocenters. The van der Waals surface area contributed by atoms with Crippen LogP contribution in [0.25, 0.3) is 10.8 Å². The van der Waals surface area contributed by atoms with Crippen LogP contribution in [0.15, 0.2) is 95.9 Å². The minimum atomic E-state index is -3.73. The van der Waals surface area contributed by atoms with Gasteiger partial charge in [0.2, 0.25) is 11.8 Å². The van der Waals surface area contributed by atoms with E-state index in [1.54, 1.807) is 24.1 Å². The van der Waals surface area contributed by atoms with Gasteiger partial charge in [0.25, 0.3) is 10.0 Å². The van der Waals surface area contributed by atoms with Gasteiger partial charge in [-0.25, -0.2) is 8.42 Å². The van der Waals surface area contributed by atoms with E-state index in [4.69, 9.17) is 4.74 Å². The average molecular weight is 640 g/mol. The summed E-state index contributed by atoms with van der Waals surface area (Å²) >= 11 is 0. The van der Waals surface area contributed by atoms with Crippen LogP contribution in [0.4, 0.5) is 5.69 Å². The third-order valence-corrected chi connectivity index (χ3v) is 11.0. The Balaban J connectivity index is 1.26. The summed E-state index contributed by atoms with van der Waals surface area (Å²) < 4.78 is 33.9. The third kappa shape index (κ3) is 6.75. The first kappa shape index (κ1) is 31.6. The number of anilines is 1. The molecule has 46 heavy (non-hydrogen) atoms. The van der Waals surface area contributed by atoms with Crippen LogP contribution in [0.3, 0.4) is 0 Å². The van der Waals surface area contributed by atoms with Crippen LogP contribution in [-0.2, 0) is 32.6 Å². The Hall–Kier alpha value is -4.37. The highest BCUT2D eigenvalue weighted by Crippen LogP contribution is 2.42. The van der Waals surface area contributed by atoms with Crippen molar-refractivity contribution in [2.45, 2.75) is 74.9 Å². The van der Waals surface area contributed by atoms with Gasteiger partial charge in [0.05, 0.1) is 17.7 Å². The molecule has 1 saturated carbocycles. The summed E-state index contributed by atoms with van der Waals surface area (Å²) in [6.07, 6.45) is 5.97. The first-order valence-corrected chi connectivity index (χ1v) is 17.6. The molecule has 1 aliphatic heterocycles. The molecule has 1 fully saturated rings. The van der Waals surface area contributed by atoms with E-state index in [2.05, 4.69) is 5.32 Å². The zero-order valence-electron chi connectivity index (χ0n) is 26.2. The molecule has 8 nitrogen and oxygen atoms in total. The van der Waals surface area contributed by atoms with Gasteiger partial charge in [-0.3, -0.25) is 13.9 Å². The summed E-state index contributed by atoms with van der Waals surface area (Å²) in [4.78, 5) is 30.3. The van der Waals surface area contributed by atoms with Gasteiger partial charge in [-0.1, -0.05) is 86.0 Å². The first-order chi connectivity index (χ1) is 22.3. The van der Waals surface area contributed by atoms with E-state index < -0.39 is 16.1 Å². The molecule has 0 unspecified atom stereocenters. The van der Waals surface area contributed by atoms with E-state index in [0.29, 0.717) is 29.2 Å². The summed E-state index contributed by atoms with van der Waals surface area (Å²) in [6.45, 7) is 0.380. The van der Waals surface area contributed by atoms with Crippen molar-refractivity contribution in [3.8, 4) is 5.75 Å². The number of benzene rings is 4. The number of nitrogens with one attached hydrogen (secondary N) is 1. The number of methoxy groups -OCH3 is 1. The Bertz CT molecular complexity index is 1800. The fraction of sp³-hybridized carbons (Fsp3) is 0.351. The Labute approximate surface area is 271 Å². The molecule has 240 valence electrons. The maximum Gasteiger partial charge on any atom is 0.265 e. The normalized spacial score (nSPS) is 16.2. The standard InChI is InChI=1S/C37H41N3O5S/c1-45-31-19-8-14-28(24-31)26-39(33(25-27-12-4-2-5-13-27)37(42)38-30-17-6-3-7-18-30)35(41)22-11-23-40-32-20-9-15-29-16-10-21-34(36(29)32)46(40,43)44/h2,4-5,8-10,12-16,19-21,24,30,33H,3,6-7,11,17-18,22-23,25-26H2,1H3,(H,38,42)/t33-/m0/s1. The molecule has 0 spiro atoms. The van der Waals surface area contributed by atoms with E-state index in [1.807, 2.05) is 78.9 Å². The van der Waals surface area contributed by atoms with Crippen molar-refractivity contribution in [1.82, 2.24) is 10.2 Å². The van der Waals surface area contributed by atoms with E-state index >= 15 is 0 Å². The molecule has 0 saturated heterocycles. The van der Waals surface area contributed by atoms with Crippen molar-refractivity contribution in [3.63, 3.8) is 0 Å². The van der Waals surface area contributed by atoms with Crippen LogP contribution in [-0.4, -0.2) is 50.9 Å². The molecule has 6 rings (SSSR count). The number of carbonyl (C=O) groups is 2. The van der Waals surface area contributed by atoms with Crippen LogP contribution < -0.4 is 14.4 Å². The van der Waals surface area contributed by atoms with Gasteiger partial charge in [0.15, 0.2) is 0 Å². The number of rotatable bonds is 12. The Kier molecular flexibility index (Phi) is 9.59. The monoisotopic (exact) mass is 639 g/mol. The summed E-state index contributed by atoms with van der Waals surface area (Å²) in [5.74, 6) is 0.315. The van der Waals surface area contributed by atoms with Crippen LogP contribution in [0.1, 0.15) is 56.1 Å². The molecule has 2 aliphatic rings. The summed E-state index contributed by atoms with van der Waals surface area (Å²) in [7, 11) is -2.13. The molecule has 4 aromatic carbocycles. The Morgan fingerprint density at radius 2 is 1.63 bits per heavy atom. The molecule has 0 bridgehead atoms. The predicted octanol–water partition coefficient (Wildman–Crippen LogP) is 6.23. The lowest BCUT2D eigenvalue weighted by Gasteiger charge is -2.34. The van der Waals surface area contributed by atoms with Gasteiger partial charge in [-0.05, 0) is 60.0 Å². The lowest BCUT2D eigenvalue weighted by molar-refractivity contribution is -0.141. The first-order valence-electron chi connectivity index (χ1n) is 16.2. The lowest BCUT2D eigenvalue weighted by atomic mass is 9.94. The fourth-order valence-electron chi connectivity index (χ4n) is 6.78. The number of hydrogen-bond acceptors (Lipinski definition) is 5. The van der Waals surface area contributed by atoms with E-state index in [0.717, 1.165) is 47.6 Å². The molecule has 9 heteroatoms. The fourth-order valence-corrected chi connectivity index (χ4v) is 8.53. The summed E-state index contributed by atoms with van der Waals surface area (Å²) in [6, 6.07) is 27.6. The maximum atomic E-state index is 14.2. The average Bonchev–Trinajstić information content (AvgIpc) is 3.30. The van der Waals surface area contributed by atoms with Crippen LogP contribution >= 0.6 is 0 Å². The summed E-state index contributed by atoms with van der Waals surface area (Å²) in [5, 5.41) is 4.86. The molecule has 1 N–H and O–H groups in total. The van der Waals surface area contributed by atoms with Crippen molar-refractivity contribution in [1.29, 1.82) is 0 Å². The van der Waals surface area contributed by atoms with Crippen molar-refractivity contribution in [2.75, 3.05) is 18.0 Å². The molecule has 1 aliphatic carbocycles. The van der Waals surface area contributed by atoms with Gasteiger partial charge in [-0.15, -0.1) is 0 Å². The number of amides is 2. The lowest BCUT2D eigenvalue weighted by Crippen LogP contribution is -2.52. The Morgan fingerprint density at radius 1 is 0.913 bits per heavy atom. The van der Waals surface area contributed by atoms with Gasteiger partial charge in [0, 0.05) is 37.4 Å². The third-order valence-electron chi connectivity index (χ3n) is 9.14. The topological polar surface area (TPSA) is 96.0 Å². The highest BCUT2D eigenvalue weighted by atomic mass is 32.2. The highest BCUT2D eigenvalue weighted by molar-refractivity contribution is 7.93. The molecule has 0 aromatic heterocycles. The zero-order valence-corrected chi connectivity index (χ0v) is 27.0. The van der Waals surface area contributed by atoms with Crippen molar-refractivity contribution in [2.24, 2.45) is 0 Å². The van der Waals surface area contributed by atoms with E-state index in [-0.39, 0.29) is 37.4 Å². The van der Waals surface area contributed by atoms with Gasteiger partial charge in [-0.2, -0.15) is 0 Å². The van der Waals surface area contributed by atoms with Gasteiger partial charge >= 0.3 is 0 Å². The van der Waals surface area contributed by atoms with E-state index in [1.165, 1.54) is 10.7 Å². The largest absolute Gasteiger partial charge is 0.497 e. The smallest absolute Gasteiger partial charge is 0.265 e. The second-order valence-corrected chi connectivity index (χ2v) is 14.1. The number of hydrogen-bond donors (Lipinski definition) is 1. The van der Waals surface area contributed by atoms with Crippen LogP contribution in [0, 0.1) is 0 Å². The maximum absolute atomic E-state index is 14.2. The zero-order chi connectivity index (χ0) is 32.1. The van der Waals surface area contributed by atoms with Crippen LogP contribution in [0.2, 0.25) is 0 Å². The minimum absolute atomic E-state index is 0.0876. The molecule has 2 amide bonds. The van der Waals surface area contributed by atoms with Gasteiger partial charge < -0.3 is 15.0 Å². The van der Waals surface area contributed by atoms with E-state index in [9.17, 15) is 18.0 Å². The SMILES string of the molecule is COc1cccc(CN(C(=O)CCCN2c3cccc4cccc(c34)S2(=O)=O)[C@@H](Cc2ccccc2)C(=O)NC2CCCCC2)c1.